The van der Waals surface area contributed by atoms with E-state index in [1.165, 1.54) is 5.56 Å². The predicted molar refractivity (Wildman–Crippen MR) is 140 cm³/mol. The zero-order chi connectivity index (χ0) is 25.8. The van der Waals surface area contributed by atoms with Gasteiger partial charge >= 0.3 is 12.0 Å². The van der Waals surface area contributed by atoms with Gasteiger partial charge in [-0.15, -0.1) is 0 Å². The average Bonchev–Trinajstić information content (AvgIpc) is 2.88. The second-order valence-corrected chi connectivity index (χ2v) is 8.86. The first-order chi connectivity index (χ1) is 17.4. The summed E-state index contributed by atoms with van der Waals surface area (Å²) < 4.78 is 11.6. The molecule has 0 unspecified atom stereocenters. The number of carbonyl (C=O) groups is 2. The highest BCUT2D eigenvalue weighted by molar-refractivity contribution is 5.78. The van der Waals surface area contributed by atoms with Crippen LogP contribution in [0.5, 0.6) is 11.5 Å². The molecule has 0 aliphatic heterocycles. The number of carbonyl (C=O) groups excluding carboxylic acids is 1. The number of rotatable bonds is 13. The Morgan fingerprint density at radius 2 is 1.53 bits per heavy atom. The highest BCUT2D eigenvalue weighted by Gasteiger charge is 2.36. The molecule has 0 aliphatic carbocycles. The SMILES string of the molecule is CN(CCCOc1ccc(C[C@](C)(Oc2ccccc2)C(=O)O)cc1)C(=O)NCCc1ccccc1. The Labute approximate surface area is 212 Å². The van der Waals surface area contributed by atoms with Crippen LogP contribution in [0.1, 0.15) is 24.5 Å². The molecule has 3 aromatic carbocycles. The van der Waals surface area contributed by atoms with Crippen LogP contribution in [0, 0.1) is 0 Å². The number of aliphatic carboxylic acids is 1. The van der Waals surface area contributed by atoms with E-state index in [9.17, 15) is 14.7 Å². The molecule has 2 N–H and O–H groups in total. The summed E-state index contributed by atoms with van der Waals surface area (Å²) in [7, 11) is 1.77. The minimum Gasteiger partial charge on any atom is -0.494 e. The molecule has 1 atom stereocenters. The summed E-state index contributed by atoms with van der Waals surface area (Å²) in [6.45, 7) is 3.20. The number of carboxylic acid groups (broad SMARTS) is 1. The molecular formula is C29H34N2O5. The minimum atomic E-state index is -1.39. The number of ether oxygens (including phenoxy) is 2. The highest BCUT2D eigenvalue weighted by Crippen LogP contribution is 2.24. The molecule has 3 aromatic rings. The molecular weight excluding hydrogens is 456 g/mol. The molecule has 0 spiro atoms. The Bertz CT molecular complexity index is 1090. The molecule has 190 valence electrons. The number of carboxylic acids is 1. The van der Waals surface area contributed by atoms with Crippen molar-refractivity contribution in [2.75, 3.05) is 26.7 Å². The zero-order valence-electron chi connectivity index (χ0n) is 20.9. The first kappa shape index (κ1) is 26.6. The number of urea groups is 1. The van der Waals surface area contributed by atoms with Crippen LogP contribution in [-0.4, -0.2) is 54.4 Å². The lowest BCUT2D eigenvalue weighted by molar-refractivity contribution is -0.153. The van der Waals surface area contributed by atoms with Crippen LogP contribution in [0.3, 0.4) is 0 Å². The van der Waals surface area contributed by atoms with Gasteiger partial charge in [-0.3, -0.25) is 0 Å². The Kier molecular flexibility index (Phi) is 9.74. The second kappa shape index (κ2) is 13.2. The molecule has 0 radical (unpaired) electrons. The fraction of sp³-hybridized carbons (Fsp3) is 0.310. The lowest BCUT2D eigenvalue weighted by Crippen LogP contribution is -2.43. The lowest BCUT2D eigenvalue weighted by Gasteiger charge is -2.26. The molecule has 36 heavy (non-hydrogen) atoms. The van der Waals surface area contributed by atoms with E-state index in [0.29, 0.717) is 37.6 Å². The average molecular weight is 491 g/mol. The summed E-state index contributed by atoms with van der Waals surface area (Å²) in [5.74, 6) is 0.173. The second-order valence-electron chi connectivity index (χ2n) is 8.86. The van der Waals surface area contributed by atoms with Gasteiger partial charge in [-0.2, -0.15) is 0 Å². The van der Waals surface area contributed by atoms with E-state index < -0.39 is 11.6 Å². The lowest BCUT2D eigenvalue weighted by atomic mass is 9.96. The molecule has 0 saturated heterocycles. The van der Waals surface area contributed by atoms with Crippen molar-refractivity contribution in [2.24, 2.45) is 0 Å². The van der Waals surface area contributed by atoms with Gasteiger partial charge in [0.05, 0.1) is 6.61 Å². The molecule has 0 bridgehead atoms. The van der Waals surface area contributed by atoms with Crippen LogP contribution in [0.2, 0.25) is 0 Å². The van der Waals surface area contributed by atoms with Crippen LogP contribution in [0.25, 0.3) is 0 Å². The molecule has 3 rings (SSSR count). The monoisotopic (exact) mass is 490 g/mol. The number of nitrogens with one attached hydrogen (secondary N) is 1. The van der Waals surface area contributed by atoms with Gasteiger partial charge in [0.1, 0.15) is 11.5 Å². The summed E-state index contributed by atoms with van der Waals surface area (Å²) in [5, 5.41) is 12.7. The fourth-order valence-corrected chi connectivity index (χ4v) is 3.68. The summed E-state index contributed by atoms with van der Waals surface area (Å²) in [4.78, 5) is 25.8. The summed E-state index contributed by atoms with van der Waals surface area (Å²) in [6.07, 6.45) is 1.69. The van der Waals surface area contributed by atoms with Crippen molar-refractivity contribution in [3.8, 4) is 11.5 Å². The summed E-state index contributed by atoms with van der Waals surface area (Å²) in [5.41, 5.74) is 0.627. The zero-order valence-corrected chi connectivity index (χ0v) is 20.9. The van der Waals surface area contributed by atoms with E-state index in [1.54, 1.807) is 43.1 Å². The minimum absolute atomic E-state index is 0.102. The van der Waals surface area contributed by atoms with Crippen molar-refractivity contribution in [1.82, 2.24) is 10.2 Å². The van der Waals surface area contributed by atoms with Gasteiger partial charge in [0.15, 0.2) is 0 Å². The molecule has 0 aliphatic rings. The van der Waals surface area contributed by atoms with Crippen molar-refractivity contribution < 1.29 is 24.2 Å². The fourth-order valence-electron chi connectivity index (χ4n) is 3.68. The van der Waals surface area contributed by atoms with E-state index in [-0.39, 0.29) is 12.5 Å². The summed E-state index contributed by atoms with van der Waals surface area (Å²) in [6, 6.07) is 26.2. The first-order valence-electron chi connectivity index (χ1n) is 12.1. The van der Waals surface area contributed by atoms with Gasteiger partial charge in [-0.1, -0.05) is 60.7 Å². The van der Waals surface area contributed by atoms with Gasteiger partial charge < -0.3 is 24.8 Å². The number of hydrogen-bond donors (Lipinski definition) is 2. The van der Waals surface area contributed by atoms with Crippen LogP contribution in [0.15, 0.2) is 84.9 Å². The van der Waals surface area contributed by atoms with Crippen molar-refractivity contribution in [2.45, 2.75) is 31.8 Å². The standard InChI is InChI=1S/C29H34N2O5/c1-29(27(32)33,36-26-12-7-4-8-13-26)22-24-14-16-25(17-15-24)35-21-9-20-31(2)28(34)30-19-18-23-10-5-3-6-11-23/h3-8,10-17H,9,18-22H2,1-2H3,(H,30,34)(H,32,33)/t29-/m0/s1. The van der Waals surface area contributed by atoms with Crippen molar-refractivity contribution in [3.05, 3.63) is 96.1 Å². The van der Waals surface area contributed by atoms with E-state index in [4.69, 9.17) is 9.47 Å². The maximum Gasteiger partial charge on any atom is 0.348 e. The van der Waals surface area contributed by atoms with Gasteiger partial charge in [-0.25, -0.2) is 9.59 Å². The number of nitrogens with zero attached hydrogens (tertiary/aromatic N) is 1. The third-order valence-corrected chi connectivity index (χ3v) is 5.79. The van der Waals surface area contributed by atoms with E-state index in [0.717, 1.165) is 12.0 Å². The quantitative estimate of drug-likeness (QED) is 0.336. The van der Waals surface area contributed by atoms with Crippen molar-refractivity contribution in [3.63, 3.8) is 0 Å². The largest absolute Gasteiger partial charge is 0.494 e. The van der Waals surface area contributed by atoms with E-state index >= 15 is 0 Å². The highest BCUT2D eigenvalue weighted by atomic mass is 16.5. The van der Waals surface area contributed by atoms with Crippen LogP contribution in [0.4, 0.5) is 4.79 Å². The maximum absolute atomic E-state index is 12.2. The first-order valence-corrected chi connectivity index (χ1v) is 12.1. The van der Waals surface area contributed by atoms with Gasteiger partial charge in [-0.05, 0) is 55.2 Å². The molecule has 0 heterocycles. The molecule has 2 amide bonds. The van der Waals surface area contributed by atoms with E-state index in [1.807, 2.05) is 60.7 Å². The third kappa shape index (κ3) is 8.34. The van der Waals surface area contributed by atoms with Crippen molar-refractivity contribution >= 4 is 12.0 Å². The van der Waals surface area contributed by atoms with Gasteiger partial charge in [0, 0.05) is 26.6 Å². The van der Waals surface area contributed by atoms with Crippen LogP contribution < -0.4 is 14.8 Å². The smallest absolute Gasteiger partial charge is 0.348 e. The Morgan fingerprint density at radius 3 is 2.17 bits per heavy atom. The Hall–Kier alpha value is -4.00. The Balaban J connectivity index is 1.38. The third-order valence-electron chi connectivity index (χ3n) is 5.79. The van der Waals surface area contributed by atoms with Crippen molar-refractivity contribution in [1.29, 1.82) is 0 Å². The number of hydrogen-bond acceptors (Lipinski definition) is 4. The summed E-state index contributed by atoms with van der Waals surface area (Å²) >= 11 is 0. The topological polar surface area (TPSA) is 88.1 Å². The number of para-hydroxylation sites is 1. The molecule has 7 heteroatoms. The normalized spacial score (nSPS) is 12.3. The molecule has 7 nitrogen and oxygen atoms in total. The van der Waals surface area contributed by atoms with Gasteiger partial charge in [0.2, 0.25) is 5.60 Å². The van der Waals surface area contributed by atoms with Gasteiger partial charge in [0.25, 0.3) is 0 Å². The number of benzene rings is 3. The molecule has 0 fully saturated rings. The molecule has 0 aromatic heterocycles. The van der Waals surface area contributed by atoms with Crippen LogP contribution in [-0.2, 0) is 17.6 Å². The van der Waals surface area contributed by atoms with E-state index in [2.05, 4.69) is 5.32 Å². The molecule has 0 saturated carbocycles. The van der Waals surface area contributed by atoms with Crippen LogP contribution >= 0.6 is 0 Å². The number of amides is 2. The maximum atomic E-state index is 12.2. The Morgan fingerprint density at radius 1 is 0.889 bits per heavy atom. The predicted octanol–water partition coefficient (Wildman–Crippen LogP) is 4.80.